The highest BCUT2D eigenvalue weighted by Crippen LogP contribution is 2.19. The Hall–Kier alpha value is -2.52. The summed E-state index contributed by atoms with van der Waals surface area (Å²) in [7, 11) is -2.65. The highest BCUT2D eigenvalue weighted by atomic mass is 32.2. The van der Waals surface area contributed by atoms with E-state index in [2.05, 4.69) is 5.16 Å². The smallest absolute Gasteiger partial charge is 0.297 e. The van der Waals surface area contributed by atoms with Gasteiger partial charge in [-0.1, -0.05) is 29.8 Å². The van der Waals surface area contributed by atoms with Gasteiger partial charge in [-0.15, -0.1) is 0 Å². The van der Waals surface area contributed by atoms with Crippen LogP contribution in [0.1, 0.15) is 24.5 Å². The number of oxime groups is 1. The summed E-state index contributed by atoms with van der Waals surface area (Å²) in [4.78, 5) is 5.15. The average molecular weight is 413 g/mol. The van der Waals surface area contributed by atoms with E-state index in [0.717, 1.165) is 23.9 Å². The number of aryl methyl sites for hydroxylation is 1. The van der Waals surface area contributed by atoms with Crippen molar-refractivity contribution in [2.24, 2.45) is 5.16 Å². The number of hydrogen-bond donors (Lipinski definition) is 0. The van der Waals surface area contributed by atoms with Crippen molar-refractivity contribution < 1.29 is 31.0 Å². The number of ether oxygens (including phenoxy) is 1. The van der Waals surface area contributed by atoms with Crippen LogP contribution in [0.3, 0.4) is 0 Å². The van der Waals surface area contributed by atoms with Gasteiger partial charge in [-0.3, -0.25) is 4.18 Å². The molecule has 0 saturated carbocycles. The zero-order valence-corrected chi connectivity index (χ0v) is 16.5. The molecule has 0 bridgehead atoms. The van der Waals surface area contributed by atoms with E-state index in [1.54, 1.807) is 19.1 Å². The summed E-state index contributed by atoms with van der Waals surface area (Å²) >= 11 is 0. The predicted molar refractivity (Wildman–Crippen MR) is 100.0 cm³/mol. The lowest BCUT2D eigenvalue weighted by molar-refractivity contribution is 0.0246. The molecule has 28 heavy (non-hydrogen) atoms. The second-order valence-electron chi connectivity index (χ2n) is 5.93. The highest BCUT2D eigenvalue weighted by molar-refractivity contribution is 7.86. The summed E-state index contributed by atoms with van der Waals surface area (Å²) in [5.74, 6) is -1.69. The van der Waals surface area contributed by atoms with Gasteiger partial charge in [0.05, 0.1) is 23.8 Å². The molecule has 152 valence electrons. The number of methoxy groups -OCH3 is 1. The largest absolute Gasteiger partial charge is 0.497 e. The molecular weight excluding hydrogens is 392 g/mol. The molecule has 0 saturated heterocycles. The van der Waals surface area contributed by atoms with Crippen LogP contribution in [-0.4, -0.2) is 34.5 Å². The third-order valence-electron chi connectivity index (χ3n) is 3.85. The van der Waals surface area contributed by atoms with Crippen molar-refractivity contribution in [3.8, 4) is 5.75 Å². The second-order valence-corrected chi connectivity index (χ2v) is 7.54. The van der Waals surface area contributed by atoms with E-state index < -0.39 is 33.4 Å². The van der Waals surface area contributed by atoms with Crippen molar-refractivity contribution in [2.75, 3.05) is 13.7 Å². The Morgan fingerprint density at radius 3 is 2.29 bits per heavy atom. The topological polar surface area (TPSA) is 74.2 Å². The molecule has 0 spiro atoms. The Balaban J connectivity index is 1.99. The lowest BCUT2D eigenvalue weighted by Crippen LogP contribution is -2.20. The molecule has 0 aromatic heterocycles. The van der Waals surface area contributed by atoms with E-state index >= 15 is 0 Å². The van der Waals surface area contributed by atoms with Crippen LogP contribution in [0.25, 0.3) is 0 Å². The zero-order valence-electron chi connectivity index (χ0n) is 15.7. The van der Waals surface area contributed by atoms with Crippen LogP contribution in [0, 0.1) is 18.6 Å². The fraction of sp³-hybridized carbons (Fsp3) is 0.316. The first kappa shape index (κ1) is 21.8. The minimum atomic E-state index is -3.95. The van der Waals surface area contributed by atoms with E-state index in [0.29, 0.717) is 6.42 Å². The molecule has 0 heterocycles. The van der Waals surface area contributed by atoms with Crippen molar-refractivity contribution >= 4 is 16.3 Å². The molecule has 6 nitrogen and oxygen atoms in total. The number of hydrogen-bond acceptors (Lipinski definition) is 6. The van der Waals surface area contributed by atoms with E-state index in [9.17, 15) is 17.2 Å². The minimum absolute atomic E-state index is 0.0267. The summed E-state index contributed by atoms with van der Waals surface area (Å²) < 4.78 is 61.8. The molecule has 0 aliphatic heterocycles. The van der Waals surface area contributed by atoms with Gasteiger partial charge in [0.25, 0.3) is 10.1 Å². The van der Waals surface area contributed by atoms with Gasteiger partial charge in [0.1, 0.15) is 24.0 Å². The second kappa shape index (κ2) is 9.61. The van der Waals surface area contributed by atoms with Crippen LogP contribution in [0.5, 0.6) is 5.75 Å². The molecule has 2 rings (SSSR count). The van der Waals surface area contributed by atoms with E-state index in [-0.39, 0.29) is 17.3 Å². The molecule has 1 atom stereocenters. The third kappa shape index (κ3) is 5.74. The molecule has 0 aliphatic rings. The molecule has 0 N–H and O–H groups in total. The van der Waals surface area contributed by atoms with Crippen LogP contribution in [0.4, 0.5) is 8.78 Å². The van der Waals surface area contributed by atoms with Gasteiger partial charge in [-0.2, -0.15) is 8.42 Å². The van der Waals surface area contributed by atoms with Gasteiger partial charge in [0, 0.05) is 12.1 Å². The molecule has 9 heteroatoms. The first-order chi connectivity index (χ1) is 13.3. The molecule has 1 unspecified atom stereocenters. The van der Waals surface area contributed by atoms with E-state index in [1.165, 1.54) is 19.2 Å². The first-order valence-corrected chi connectivity index (χ1v) is 9.86. The quantitative estimate of drug-likeness (QED) is 0.355. The summed E-state index contributed by atoms with van der Waals surface area (Å²) in [6.07, 6.45) is 0.524. The van der Waals surface area contributed by atoms with Gasteiger partial charge in [-0.25, -0.2) is 8.78 Å². The number of rotatable bonds is 9. The van der Waals surface area contributed by atoms with Crippen molar-refractivity contribution in [3.63, 3.8) is 0 Å². The third-order valence-corrected chi connectivity index (χ3v) is 5.15. The normalized spacial score (nSPS) is 12.9. The maximum atomic E-state index is 13.9. The van der Waals surface area contributed by atoms with Crippen molar-refractivity contribution in [1.82, 2.24) is 0 Å². The standard InChI is InChI=1S/C19H21F2NO5S/c1-4-14(12-26-28(23,24)16-7-5-13(2)6-8-16)27-22-11-17-18(20)9-15(25-3)10-19(17)21/h5-11,14H,4,12H2,1-3H3/b22-11+. The Morgan fingerprint density at radius 1 is 1.14 bits per heavy atom. The van der Waals surface area contributed by atoms with Crippen LogP contribution in [-0.2, 0) is 19.1 Å². The molecular formula is C19H21F2NO5S. The number of halogens is 2. The molecule has 2 aromatic rings. The van der Waals surface area contributed by atoms with Crippen LogP contribution in [0.15, 0.2) is 46.4 Å². The Labute approximate surface area is 162 Å². The Kier molecular flexibility index (Phi) is 7.47. The monoisotopic (exact) mass is 413 g/mol. The highest BCUT2D eigenvalue weighted by Gasteiger charge is 2.18. The number of nitrogens with zero attached hydrogens (tertiary/aromatic N) is 1. The maximum Gasteiger partial charge on any atom is 0.297 e. The van der Waals surface area contributed by atoms with Crippen molar-refractivity contribution in [1.29, 1.82) is 0 Å². The van der Waals surface area contributed by atoms with Crippen LogP contribution >= 0.6 is 0 Å². The summed E-state index contributed by atoms with van der Waals surface area (Å²) in [6.45, 7) is 3.28. The van der Waals surface area contributed by atoms with Crippen LogP contribution < -0.4 is 4.74 Å². The van der Waals surface area contributed by atoms with Crippen molar-refractivity contribution in [2.45, 2.75) is 31.3 Å². The fourth-order valence-corrected chi connectivity index (χ4v) is 3.07. The molecule has 0 fully saturated rings. The van der Waals surface area contributed by atoms with Gasteiger partial charge >= 0.3 is 0 Å². The first-order valence-electron chi connectivity index (χ1n) is 8.45. The van der Waals surface area contributed by atoms with Gasteiger partial charge in [-0.05, 0) is 25.5 Å². The summed E-state index contributed by atoms with van der Waals surface area (Å²) in [5.41, 5.74) is 0.518. The summed E-state index contributed by atoms with van der Waals surface area (Å²) in [6, 6.07) is 8.23. The van der Waals surface area contributed by atoms with Gasteiger partial charge in [0.15, 0.2) is 6.10 Å². The Morgan fingerprint density at radius 2 is 1.75 bits per heavy atom. The Bertz CT molecular complexity index is 907. The SMILES string of the molecule is CCC(COS(=O)(=O)c1ccc(C)cc1)O/N=C/c1c(F)cc(OC)cc1F. The minimum Gasteiger partial charge on any atom is -0.497 e. The predicted octanol–water partition coefficient (Wildman–Crippen LogP) is 3.82. The summed E-state index contributed by atoms with van der Waals surface area (Å²) in [5, 5.41) is 3.55. The fourth-order valence-electron chi connectivity index (χ4n) is 2.13. The van der Waals surface area contributed by atoms with Crippen LogP contribution in [0.2, 0.25) is 0 Å². The maximum absolute atomic E-state index is 13.9. The molecule has 2 aromatic carbocycles. The zero-order chi connectivity index (χ0) is 20.7. The lowest BCUT2D eigenvalue weighted by Gasteiger charge is -2.13. The van der Waals surface area contributed by atoms with E-state index in [4.69, 9.17) is 13.8 Å². The lowest BCUT2D eigenvalue weighted by atomic mass is 10.2. The van der Waals surface area contributed by atoms with Crippen molar-refractivity contribution in [3.05, 3.63) is 59.2 Å². The van der Waals surface area contributed by atoms with Gasteiger partial charge < -0.3 is 9.57 Å². The number of benzene rings is 2. The average Bonchev–Trinajstić information content (AvgIpc) is 2.66. The van der Waals surface area contributed by atoms with Gasteiger partial charge in [0.2, 0.25) is 0 Å². The molecule has 0 radical (unpaired) electrons. The molecule has 0 aliphatic carbocycles. The molecule has 0 amide bonds. The van der Waals surface area contributed by atoms with E-state index in [1.807, 2.05) is 6.92 Å².